The fraction of sp³-hybridized carbons (Fsp3) is 0.0435. The Morgan fingerprint density at radius 2 is 1.94 bits per heavy atom. The van der Waals surface area contributed by atoms with Gasteiger partial charge in [-0.3, -0.25) is 4.79 Å². The molecule has 31 heavy (non-hydrogen) atoms. The Hall–Kier alpha value is -3.06. The smallest absolute Gasteiger partial charge is 0.267 e. The van der Waals surface area contributed by atoms with Gasteiger partial charge in [0.15, 0.2) is 5.58 Å². The largest absolute Gasteiger partial charge is 0.495 e. The highest BCUT2D eigenvalue weighted by atomic mass is 35.5. The van der Waals surface area contributed by atoms with Gasteiger partial charge in [-0.05, 0) is 42.5 Å². The third kappa shape index (κ3) is 3.63. The topological polar surface area (TPSA) is 64.4 Å². The lowest BCUT2D eigenvalue weighted by molar-refractivity contribution is 0.103. The minimum absolute atomic E-state index is 0.338. The molecule has 0 aliphatic rings. The number of aromatic nitrogens is 1. The first-order valence-corrected chi connectivity index (χ1v) is 10.8. The predicted octanol–water partition coefficient (Wildman–Crippen LogP) is 7.28. The fourth-order valence-electron chi connectivity index (χ4n) is 3.30. The van der Waals surface area contributed by atoms with E-state index >= 15 is 0 Å². The normalized spacial score (nSPS) is 11.2. The summed E-state index contributed by atoms with van der Waals surface area (Å²) in [7, 11) is 1.54. The number of methoxy groups -OCH3 is 1. The number of para-hydroxylation sites is 2. The highest BCUT2D eigenvalue weighted by Crippen LogP contribution is 2.38. The van der Waals surface area contributed by atoms with Crippen LogP contribution in [0.1, 0.15) is 9.67 Å². The third-order valence-electron chi connectivity index (χ3n) is 4.79. The molecule has 0 atom stereocenters. The van der Waals surface area contributed by atoms with Crippen molar-refractivity contribution < 1.29 is 13.9 Å². The molecule has 0 bridgehead atoms. The molecular weight excluding hydrogens is 455 g/mol. The molecule has 8 heteroatoms. The number of anilines is 1. The van der Waals surface area contributed by atoms with E-state index in [1.54, 1.807) is 31.4 Å². The lowest BCUT2D eigenvalue weighted by Gasteiger charge is -2.11. The molecular formula is C23H14Cl2N2O3S. The van der Waals surface area contributed by atoms with E-state index in [4.69, 9.17) is 32.4 Å². The number of nitrogens with zero attached hydrogens (tertiary/aromatic N) is 1. The molecule has 0 unspecified atom stereocenters. The third-order valence-corrected chi connectivity index (χ3v) is 6.68. The SMILES string of the molecule is COc1ccc(-c2nc3ccccc3o2)cc1NC(=O)c1sc2cc(Cl)ccc2c1Cl. The van der Waals surface area contributed by atoms with Crippen LogP contribution in [0.25, 0.3) is 32.6 Å². The molecule has 0 radical (unpaired) electrons. The summed E-state index contributed by atoms with van der Waals surface area (Å²) >= 11 is 13.8. The van der Waals surface area contributed by atoms with Crippen LogP contribution in [-0.2, 0) is 0 Å². The van der Waals surface area contributed by atoms with Gasteiger partial charge in [0.1, 0.15) is 16.1 Å². The molecule has 0 fully saturated rings. The minimum atomic E-state index is -0.338. The zero-order chi connectivity index (χ0) is 21.5. The molecule has 5 rings (SSSR count). The van der Waals surface area contributed by atoms with E-state index in [0.717, 1.165) is 15.6 Å². The van der Waals surface area contributed by atoms with Gasteiger partial charge in [-0.1, -0.05) is 41.4 Å². The van der Waals surface area contributed by atoms with Crippen LogP contribution in [0.5, 0.6) is 5.75 Å². The summed E-state index contributed by atoms with van der Waals surface area (Å²) in [6.45, 7) is 0. The van der Waals surface area contributed by atoms with E-state index in [9.17, 15) is 4.79 Å². The molecule has 5 nitrogen and oxygen atoms in total. The molecule has 1 N–H and O–H groups in total. The second kappa shape index (κ2) is 7.89. The molecule has 0 aliphatic heterocycles. The number of hydrogen-bond donors (Lipinski definition) is 1. The van der Waals surface area contributed by atoms with Crippen LogP contribution in [0, 0.1) is 0 Å². The molecule has 0 aliphatic carbocycles. The number of fused-ring (bicyclic) bond motifs is 2. The van der Waals surface area contributed by atoms with Gasteiger partial charge in [-0.2, -0.15) is 0 Å². The average molecular weight is 469 g/mol. The Balaban J connectivity index is 1.51. The van der Waals surface area contributed by atoms with Gasteiger partial charge in [0.2, 0.25) is 5.89 Å². The summed E-state index contributed by atoms with van der Waals surface area (Å²) in [5.41, 5.74) is 2.64. The molecule has 0 saturated carbocycles. The Labute approximate surface area is 191 Å². The molecule has 3 aromatic carbocycles. The highest BCUT2D eigenvalue weighted by Gasteiger charge is 2.20. The Bertz CT molecular complexity index is 1430. The maximum absolute atomic E-state index is 13.0. The van der Waals surface area contributed by atoms with Crippen LogP contribution in [0.4, 0.5) is 5.69 Å². The summed E-state index contributed by atoms with van der Waals surface area (Å²) in [5.74, 6) is 0.623. The van der Waals surface area contributed by atoms with Crippen molar-refractivity contribution in [1.82, 2.24) is 4.98 Å². The number of hydrogen-bond acceptors (Lipinski definition) is 5. The Morgan fingerprint density at radius 1 is 1.10 bits per heavy atom. The van der Waals surface area contributed by atoms with Crippen LogP contribution in [-0.4, -0.2) is 18.0 Å². The number of halogens is 2. The van der Waals surface area contributed by atoms with E-state index in [0.29, 0.717) is 43.4 Å². The van der Waals surface area contributed by atoms with Crippen molar-refractivity contribution in [2.24, 2.45) is 0 Å². The fourth-order valence-corrected chi connectivity index (χ4v) is 4.99. The van der Waals surface area contributed by atoms with Gasteiger partial charge in [-0.25, -0.2) is 4.98 Å². The summed E-state index contributed by atoms with van der Waals surface area (Å²) < 4.78 is 12.1. The first-order valence-electron chi connectivity index (χ1n) is 9.26. The van der Waals surface area contributed by atoms with Gasteiger partial charge < -0.3 is 14.5 Å². The van der Waals surface area contributed by atoms with Gasteiger partial charge >= 0.3 is 0 Å². The molecule has 2 aromatic heterocycles. The molecule has 1 amide bonds. The maximum atomic E-state index is 13.0. The number of ether oxygens (including phenoxy) is 1. The van der Waals surface area contributed by atoms with E-state index in [2.05, 4.69) is 10.3 Å². The lowest BCUT2D eigenvalue weighted by atomic mass is 10.1. The quantitative estimate of drug-likeness (QED) is 0.301. The van der Waals surface area contributed by atoms with Crippen LogP contribution in [0.15, 0.2) is 65.1 Å². The lowest BCUT2D eigenvalue weighted by Crippen LogP contribution is -2.11. The Kier molecular flexibility index (Phi) is 5.06. The minimum Gasteiger partial charge on any atom is -0.495 e. The number of nitrogens with one attached hydrogen (secondary N) is 1. The first kappa shape index (κ1) is 19.9. The van der Waals surface area contributed by atoms with E-state index in [1.165, 1.54) is 11.3 Å². The van der Waals surface area contributed by atoms with Crippen molar-refractivity contribution in [3.63, 3.8) is 0 Å². The second-order valence-corrected chi connectivity index (χ2v) is 8.61. The average Bonchev–Trinajstić information content (AvgIpc) is 3.34. The van der Waals surface area contributed by atoms with Crippen LogP contribution < -0.4 is 10.1 Å². The van der Waals surface area contributed by atoms with Crippen LogP contribution in [0.2, 0.25) is 10.0 Å². The number of benzene rings is 3. The van der Waals surface area contributed by atoms with Gasteiger partial charge in [0.25, 0.3) is 5.91 Å². The number of carbonyl (C=O) groups excluding carboxylic acids is 1. The number of oxazole rings is 1. The van der Waals surface area contributed by atoms with Crippen molar-refractivity contribution in [2.75, 3.05) is 12.4 Å². The molecule has 2 heterocycles. The number of thiophene rings is 1. The van der Waals surface area contributed by atoms with Crippen molar-refractivity contribution in [3.05, 3.63) is 75.6 Å². The van der Waals surface area contributed by atoms with E-state index < -0.39 is 0 Å². The number of carbonyl (C=O) groups is 1. The zero-order valence-corrected chi connectivity index (χ0v) is 18.4. The van der Waals surface area contributed by atoms with Crippen molar-refractivity contribution >= 4 is 67.3 Å². The molecule has 0 spiro atoms. The van der Waals surface area contributed by atoms with Gasteiger partial charge in [-0.15, -0.1) is 11.3 Å². The van der Waals surface area contributed by atoms with Crippen molar-refractivity contribution in [2.45, 2.75) is 0 Å². The summed E-state index contributed by atoms with van der Waals surface area (Å²) in [5, 5.41) is 4.66. The van der Waals surface area contributed by atoms with Gasteiger partial charge in [0, 0.05) is 20.7 Å². The Morgan fingerprint density at radius 3 is 2.74 bits per heavy atom. The van der Waals surface area contributed by atoms with E-state index in [1.807, 2.05) is 36.4 Å². The standard InChI is InChI=1S/C23H14Cl2N2O3S/c1-29-17-9-6-12(23-27-15-4-2-3-5-18(15)30-23)10-16(17)26-22(28)21-20(25)14-8-7-13(24)11-19(14)31-21/h2-11H,1H3,(H,26,28). The molecule has 5 aromatic rings. The number of amides is 1. The summed E-state index contributed by atoms with van der Waals surface area (Å²) in [6, 6.07) is 18.2. The monoisotopic (exact) mass is 468 g/mol. The van der Waals surface area contributed by atoms with Crippen molar-refractivity contribution in [3.8, 4) is 17.2 Å². The van der Waals surface area contributed by atoms with E-state index in [-0.39, 0.29) is 5.91 Å². The highest BCUT2D eigenvalue weighted by molar-refractivity contribution is 7.21. The number of rotatable bonds is 4. The van der Waals surface area contributed by atoms with Gasteiger partial charge in [0.05, 0.1) is 17.8 Å². The van der Waals surface area contributed by atoms with Crippen LogP contribution in [0.3, 0.4) is 0 Å². The summed E-state index contributed by atoms with van der Waals surface area (Å²) in [6.07, 6.45) is 0. The molecule has 154 valence electrons. The first-order chi connectivity index (χ1) is 15.0. The molecule has 0 saturated heterocycles. The maximum Gasteiger partial charge on any atom is 0.267 e. The summed E-state index contributed by atoms with van der Waals surface area (Å²) in [4.78, 5) is 17.9. The van der Waals surface area contributed by atoms with Crippen molar-refractivity contribution in [1.29, 1.82) is 0 Å². The zero-order valence-electron chi connectivity index (χ0n) is 16.1. The van der Waals surface area contributed by atoms with Crippen LogP contribution >= 0.6 is 34.5 Å². The second-order valence-electron chi connectivity index (χ2n) is 6.74. The predicted molar refractivity (Wildman–Crippen MR) is 126 cm³/mol.